The molecule has 1 N–H and O–H groups in total. The first kappa shape index (κ1) is 9.15. The molecular formula is C10H12N2O2. The predicted octanol–water partition coefficient (Wildman–Crippen LogP) is 1.71. The van der Waals surface area contributed by atoms with Gasteiger partial charge in [-0.25, -0.2) is 4.98 Å². The summed E-state index contributed by atoms with van der Waals surface area (Å²) >= 11 is 0. The average molecular weight is 192 g/mol. The first-order chi connectivity index (χ1) is 6.85. The largest absolute Gasteiger partial charge is 0.439 e. The van der Waals surface area contributed by atoms with Gasteiger partial charge in [-0.3, -0.25) is 0 Å². The van der Waals surface area contributed by atoms with E-state index in [1.807, 2.05) is 13.0 Å². The van der Waals surface area contributed by atoms with Gasteiger partial charge in [-0.05, 0) is 18.6 Å². The summed E-state index contributed by atoms with van der Waals surface area (Å²) in [5.41, 5.74) is 1.28. The normalized spacial score (nSPS) is 13.3. The van der Waals surface area contributed by atoms with Crippen LogP contribution in [0, 0.1) is 0 Å². The van der Waals surface area contributed by atoms with E-state index in [-0.39, 0.29) is 12.5 Å². The van der Waals surface area contributed by atoms with Crippen LogP contribution in [0.2, 0.25) is 0 Å². The van der Waals surface area contributed by atoms with E-state index in [0.29, 0.717) is 17.1 Å². The van der Waals surface area contributed by atoms with E-state index < -0.39 is 0 Å². The first-order valence-electron chi connectivity index (χ1n) is 4.67. The van der Waals surface area contributed by atoms with E-state index in [0.717, 1.165) is 6.42 Å². The van der Waals surface area contributed by atoms with E-state index in [1.54, 1.807) is 12.3 Å². The van der Waals surface area contributed by atoms with Crippen LogP contribution in [0.1, 0.15) is 25.2 Å². The monoisotopic (exact) mass is 192 g/mol. The van der Waals surface area contributed by atoms with Gasteiger partial charge >= 0.3 is 0 Å². The Morgan fingerprint density at radius 3 is 3.07 bits per heavy atom. The lowest BCUT2D eigenvalue weighted by Crippen LogP contribution is -2.02. The molecule has 0 aliphatic rings. The standard InChI is InChI=1S/C10H12N2O2/c1-2-7(6-13)10-12-9-8(14-10)4-3-5-11-9/h3-5,7,13H,2,6H2,1H3. The Kier molecular flexibility index (Phi) is 2.45. The second-order valence-corrected chi connectivity index (χ2v) is 3.16. The summed E-state index contributed by atoms with van der Waals surface area (Å²) in [6.45, 7) is 2.05. The number of pyridine rings is 1. The zero-order chi connectivity index (χ0) is 9.97. The topological polar surface area (TPSA) is 59.2 Å². The highest BCUT2D eigenvalue weighted by Gasteiger charge is 2.15. The molecule has 0 saturated carbocycles. The molecule has 2 heterocycles. The van der Waals surface area contributed by atoms with Crippen molar-refractivity contribution < 1.29 is 9.52 Å². The minimum atomic E-state index is -0.0239. The molecule has 0 radical (unpaired) electrons. The van der Waals surface area contributed by atoms with E-state index in [9.17, 15) is 0 Å². The van der Waals surface area contributed by atoms with Gasteiger partial charge in [0.05, 0.1) is 12.5 Å². The fourth-order valence-electron chi connectivity index (χ4n) is 1.34. The molecule has 0 amide bonds. The van der Waals surface area contributed by atoms with Gasteiger partial charge in [0.25, 0.3) is 0 Å². The highest BCUT2D eigenvalue weighted by molar-refractivity contribution is 5.66. The van der Waals surface area contributed by atoms with Crippen LogP contribution < -0.4 is 0 Å². The van der Waals surface area contributed by atoms with Crippen LogP contribution in [0.15, 0.2) is 22.7 Å². The van der Waals surface area contributed by atoms with Crippen LogP contribution in [0.4, 0.5) is 0 Å². The summed E-state index contributed by atoms with van der Waals surface area (Å²) in [7, 11) is 0. The third kappa shape index (κ3) is 1.48. The van der Waals surface area contributed by atoms with Crippen LogP contribution >= 0.6 is 0 Å². The van der Waals surface area contributed by atoms with Crippen molar-refractivity contribution in [2.75, 3.05) is 6.61 Å². The minimum Gasteiger partial charge on any atom is -0.439 e. The van der Waals surface area contributed by atoms with Crippen molar-refractivity contribution >= 4 is 11.2 Å². The van der Waals surface area contributed by atoms with Gasteiger partial charge in [-0.15, -0.1) is 0 Å². The van der Waals surface area contributed by atoms with Gasteiger partial charge in [-0.2, -0.15) is 4.98 Å². The number of rotatable bonds is 3. The zero-order valence-corrected chi connectivity index (χ0v) is 7.97. The molecule has 4 heteroatoms. The molecule has 0 aromatic carbocycles. The number of hydrogen-bond donors (Lipinski definition) is 1. The first-order valence-corrected chi connectivity index (χ1v) is 4.67. The molecule has 0 aliphatic heterocycles. The number of nitrogens with zero attached hydrogens (tertiary/aromatic N) is 2. The smallest absolute Gasteiger partial charge is 0.202 e. The van der Waals surface area contributed by atoms with Crippen molar-refractivity contribution in [2.45, 2.75) is 19.3 Å². The third-order valence-electron chi connectivity index (χ3n) is 2.24. The molecule has 0 saturated heterocycles. The van der Waals surface area contributed by atoms with Crippen LogP contribution in [0.5, 0.6) is 0 Å². The van der Waals surface area contributed by atoms with Crippen LogP contribution in [-0.4, -0.2) is 21.7 Å². The summed E-state index contributed by atoms with van der Waals surface area (Å²) in [5, 5.41) is 9.08. The number of aliphatic hydroxyl groups excluding tert-OH is 1. The van der Waals surface area contributed by atoms with Crippen molar-refractivity contribution in [3.8, 4) is 0 Å². The molecule has 0 aliphatic carbocycles. The van der Waals surface area contributed by atoms with Crippen LogP contribution in [0.3, 0.4) is 0 Å². The maximum Gasteiger partial charge on any atom is 0.202 e. The highest BCUT2D eigenvalue weighted by Crippen LogP contribution is 2.21. The Balaban J connectivity index is 2.43. The van der Waals surface area contributed by atoms with Gasteiger partial charge in [0.15, 0.2) is 11.2 Å². The molecule has 0 bridgehead atoms. The molecule has 2 aromatic rings. The van der Waals surface area contributed by atoms with Crippen molar-refractivity contribution in [1.82, 2.24) is 9.97 Å². The Morgan fingerprint density at radius 2 is 2.43 bits per heavy atom. The number of fused-ring (bicyclic) bond motifs is 1. The molecule has 74 valence electrons. The zero-order valence-electron chi connectivity index (χ0n) is 7.97. The second-order valence-electron chi connectivity index (χ2n) is 3.16. The Morgan fingerprint density at radius 1 is 1.57 bits per heavy atom. The van der Waals surface area contributed by atoms with Crippen LogP contribution in [0.25, 0.3) is 11.2 Å². The Bertz CT molecular complexity index is 388. The van der Waals surface area contributed by atoms with Crippen molar-refractivity contribution in [2.24, 2.45) is 0 Å². The summed E-state index contributed by atoms with van der Waals surface area (Å²) in [6, 6.07) is 3.63. The summed E-state index contributed by atoms with van der Waals surface area (Å²) in [6.07, 6.45) is 2.48. The molecule has 2 rings (SSSR count). The summed E-state index contributed by atoms with van der Waals surface area (Å²) < 4.78 is 5.48. The van der Waals surface area contributed by atoms with E-state index >= 15 is 0 Å². The number of aromatic nitrogens is 2. The van der Waals surface area contributed by atoms with E-state index in [2.05, 4.69) is 9.97 Å². The van der Waals surface area contributed by atoms with Gasteiger partial charge in [-0.1, -0.05) is 6.92 Å². The molecular weight excluding hydrogens is 180 g/mol. The SMILES string of the molecule is CCC(CO)c1nc2ncccc2o1. The highest BCUT2D eigenvalue weighted by atomic mass is 16.4. The number of oxazole rings is 1. The van der Waals surface area contributed by atoms with Crippen LogP contribution in [-0.2, 0) is 0 Å². The molecule has 1 atom stereocenters. The minimum absolute atomic E-state index is 0.0239. The fourth-order valence-corrected chi connectivity index (χ4v) is 1.34. The summed E-state index contributed by atoms with van der Waals surface area (Å²) in [4.78, 5) is 8.28. The Labute approximate surface area is 81.6 Å². The fraction of sp³-hybridized carbons (Fsp3) is 0.400. The Hall–Kier alpha value is -1.42. The predicted molar refractivity (Wildman–Crippen MR) is 51.9 cm³/mol. The quantitative estimate of drug-likeness (QED) is 0.804. The lowest BCUT2D eigenvalue weighted by molar-refractivity contribution is 0.244. The number of hydrogen-bond acceptors (Lipinski definition) is 4. The third-order valence-corrected chi connectivity index (χ3v) is 2.24. The van der Waals surface area contributed by atoms with Gasteiger partial charge in [0, 0.05) is 6.20 Å². The van der Waals surface area contributed by atoms with Crippen molar-refractivity contribution in [3.63, 3.8) is 0 Å². The maximum atomic E-state index is 9.08. The second kappa shape index (κ2) is 3.75. The average Bonchev–Trinajstić information content (AvgIpc) is 2.63. The van der Waals surface area contributed by atoms with E-state index in [1.165, 1.54) is 0 Å². The molecule has 0 fully saturated rings. The number of aliphatic hydroxyl groups is 1. The van der Waals surface area contributed by atoms with Gasteiger partial charge in [0.2, 0.25) is 5.89 Å². The van der Waals surface area contributed by atoms with Gasteiger partial charge in [0.1, 0.15) is 0 Å². The summed E-state index contributed by atoms with van der Waals surface area (Å²) in [5.74, 6) is 0.549. The lowest BCUT2D eigenvalue weighted by atomic mass is 10.1. The molecule has 4 nitrogen and oxygen atoms in total. The van der Waals surface area contributed by atoms with Gasteiger partial charge < -0.3 is 9.52 Å². The van der Waals surface area contributed by atoms with E-state index in [4.69, 9.17) is 9.52 Å². The molecule has 2 aromatic heterocycles. The molecule has 14 heavy (non-hydrogen) atoms. The molecule has 1 unspecified atom stereocenters. The van der Waals surface area contributed by atoms with Crippen molar-refractivity contribution in [3.05, 3.63) is 24.2 Å². The lowest BCUT2D eigenvalue weighted by Gasteiger charge is -2.04. The maximum absolute atomic E-state index is 9.08. The van der Waals surface area contributed by atoms with Crippen molar-refractivity contribution in [1.29, 1.82) is 0 Å². The molecule has 0 spiro atoms.